The molecule has 0 unspecified atom stereocenters. The number of carbonyl (C=O) groups excluding carboxylic acids is 3. The molecule has 3 aromatic rings. The highest BCUT2D eigenvalue weighted by Crippen LogP contribution is 2.26. The maximum Gasteiger partial charge on any atom is 0.272 e. The van der Waals surface area contributed by atoms with Crippen LogP contribution in [-0.2, 0) is 0 Å². The Bertz CT molecular complexity index is 1220. The molecule has 0 aliphatic heterocycles. The fraction of sp³-hybridized carbons (Fsp3) is 0.333. The van der Waals surface area contributed by atoms with E-state index in [1.807, 2.05) is 24.3 Å². The first-order valence-electron chi connectivity index (χ1n) is 11.7. The Balaban J connectivity index is 1.56. The lowest BCUT2D eigenvalue weighted by Gasteiger charge is -2.21. The second-order valence-corrected chi connectivity index (χ2v) is 8.97. The second kappa shape index (κ2) is 10.5. The van der Waals surface area contributed by atoms with Crippen molar-refractivity contribution in [1.29, 1.82) is 0 Å². The highest BCUT2D eigenvalue weighted by molar-refractivity contribution is 6.18. The minimum atomic E-state index is -0.366. The molecule has 4 rings (SSSR count). The first-order valence-corrected chi connectivity index (χ1v) is 11.7. The van der Waals surface area contributed by atoms with Crippen molar-refractivity contribution in [3.05, 3.63) is 71.5 Å². The van der Waals surface area contributed by atoms with Crippen LogP contribution in [0.5, 0.6) is 0 Å². The summed E-state index contributed by atoms with van der Waals surface area (Å²) in [6.07, 6.45) is 7.48. The monoisotopic (exact) mass is 458 g/mol. The summed E-state index contributed by atoms with van der Waals surface area (Å²) >= 11 is 0. The van der Waals surface area contributed by atoms with Gasteiger partial charge in [0, 0.05) is 38.0 Å². The third-order valence-corrected chi connectivity index (χ3v) is 6.35. The zero-order valence-electron chi connectivity index (χ0n) is 19.6. The molecule has 2 N–H and O–H groups in total. The van der Waals surface area contributed by atoms with E-state index in [-0.39, 0.29) is 23.4 Å². The maximum atomic E-state index is 13.3. The van der Waals surface area contributed by atoms with Crippen LogP contribution >= 0.6 is 0 Å². The van der Waals surface area contributed by atoms with Crippen molar-refractivity contribution in [2.45, 2.75) is 32.1 Å². The Morgan fingerprint density at radius 3 is 2.26 bits per heavy atom. The van der Waals surface area contributed by atoms with E-state index in [2.05, 4.69) is 15.6 Å². The number of fused-ring (bicyclic) bond motifs is 1. The number of carbonyl (C=O) groups is 3. The Labute approximate surface area is 199 Å². The molecule has 0 bridgehead atoms. The lowest BCUT2D eigenvalue weighted by molar-refractivity contribution is 0.0828. The molecule has 0 atom stereocenters. The van der Waals surface area contributed by atoms with E-state index in [9.17, 15) is 14.4 Å². The van der Waals surface area contributed by atoms with Gasteiger partial charge in [0.25, 0.3) is 17.7 Å². The van der Waals surface area contributed by atoms with E-state index in [1.54, 1.807) is 44.6 Å². The van der Waals surface area contributed by atoms with Gasteiger partial charge in [-0.1, -0.05) is 43.5 Å². The van der Waals surface area contributed by atoms with E-state index in [0.717, 1.165) is 12.8 Å². The van der Waals surface area contributed by atoms with Crippen LogP contribution in [0.4, 0.5) is 5.69 Å². The molecular weight excluding hydrogens is 428 g/mol. The number of benzene rings is 2. The third kappa shape index (κ3) is 5.09. The molecule has 0 saturated heterocycles. The number of hydrogen-bond acceptors (Lipinski definition) is 4. The molecule has 1 aromatic heterocycles. The van der Waals surface area contributed by atoms with Gasteiger partial charge in [-0.25, -0.2) is 4.98 Å². The van der Waals surface area contributed by atoms with Gasteiger partial charge in [0.05, 0.1) is 5.69 Å². The molecule has 0 spiro atoms. The Morgan fingerprint density at radius 2 is 1.56 bits per heavy atom. The molecule has 7 nitrogen and oxygen atoms in total. The summed E-state index contributed by atoms with van der Waals surface area (Å²) in [6.45, 7) is 0.620. The molecule has 1 aliphatic rings. The normalized spacial score (nSPS) is 13.9. The van der Waals surface area contributed by atoms with Crippen molar-refractivity contribution in [1.82, 2.24) is 15.2 Å². The van der Waals surface area contributed by atoms with Crippen LogP contribution in [0.15, 0.2) is 54.7 Å². The highest BCUT2D eigenvalue weighted by Gasteiger charge is 2.21. The van der Waals surface area contributed by atoms with Crippen LogP contribution in [0.25, 0.3) is 10.8 Å². The van der Waals surface area contributed by atoms with Crippen molar-refractivity contribution in [2.24, 2.45) is 5.92 Å². The Hall–Kier alpha value is -3.74. The van der Waals surface area contributed by atoms with E-state index in [1.165, 1.54) is 24.2 Å². The van der Waals surface area contributed by atoms with Gasteiger partial charge in [-0.2, -0.15) is 0 Å². The summed E-state index contributed by atoms with van der Waals surface area (Å²) in [7, 11) is 3.39. The lowest BCUT2D eigenvalue weighted by atomic mass is 9.89. The highest BCUT2D eigenvalue weighted by atomic mass is 16.2. The van der Waals surface area contributed by atoms with Gasteiger partial charge < -0.3 is 15.5 Å². The summed E-state index contributed by atoms with van der Waals surface area (Å²) < 4.78 is 0. The summed E-state index contributed by atoms with van der Waals surface area (Å²) in [4.78, 5) is 44.5. The van der Waals surface area contributed by atoms with Crippen molar-refractivity contribution in [2.75, 3.05) is 26.0 Å². The topological polar surface area (TPSA) is 91.4 Å². The summed E-state index contributed by atoms with van der Waals surface area (Å²) in [6, 6.07) is 14.0. The molecule has 3 amide bonds. The summed E-state index contributed by atoms with van der Waals surface area (Å²) in [5.74, 6) is -0.297. The van der Waals surface area contributed by atoms with Crippen molar-refractivity contribution in [3.8, 4) is 0 Å². The fourth-order valence-electron chi connectivity index (χ4n) is 4.51. The van der Waals surface area contributed by atoms with E-state index >= 15 is 0 Å². The first-order chi connectivity index (χ1) is 16.5. The van der Waals surface area contributed by atoms with Gasteiger partial charge in [-0.05, 0) is 53.8 Å². The molecule has 2 aromatic carbocycles. The zero-order chi connectivity index (χ0) is 24.1. The SMILES string of the molecule is CN(C)C(=O)c1ccc(C(=O)Nc2cccnc2C(=O)NCC2CCCCC2)c2ccccc12. The van der Waals surface area contributed by atoms with E-state index < -0.39 is 0 Å². The number of anilines is 1. The van der Waals surface area contributed by atoms with Crippen LogP contribution in [0.2, 0.25) is 0 Å². The van der Waals surface area contributed by atoms with Gasteiger partial charge >= 0.3 is 0 Å². The average Bonchev–Trinajstić information content (AvgIpc) is 2.87. The molecule has 7 heteroatoms. The largest absolute Gasteiger partial charge is 0.350 e. The van der Waals surface area contributed by atoms with Gasteiger partial charge in [0.1, 0.15) is 0 Å². The quantitative estimate of drug-likeness (QED) is 0.569. The summed E-state index contributed by atoms with van der Waals surface area (Å²) in [5, 5.41) is 7.21. The van der Waals surface area contributed by atoms with Gasteiger partial charge in [-0.15, -0.1) is 0 Å². The van der Waals surface area contributed by atoms with Crippen LogP contribution in [0, 0.1) is 5.92 Å². The van der Waals surface area contributed by atoms with E-state index in [4.69, 9.17) is 0 Å². The number of pyridine rings is 1. The van der Waals surface area contributed by atoms with Crippen molar-refractivity contribution >= 4 is 34.2 Å². The standard InChI is InChI=1S/C27H30N4O3/c1-31(2)27(34)22-15-14-21(19-11-6-7-12-20(19)22)25(32)30-23-13-8-16-28-24(23)26(33)29-17-18-9-4-3-5-10-18/h6-8,11-16,18H,3-5,9-10,17H2,1-2H3,(H,29,33)(H,30,32). The molecule has 1 saturated carbocycles. The van der Waals surface area contributed by atoms with Gasteiger partial charge in [0.2, 0.25) is 0 Å². The number of amides is 3. The smallest absolute Gasteiger partial charge is 0.272 e. The lowest BCUT2D eigenvalue weighted by Crippen LogP contribution is -2.31. The molecule has 176 valence electrons. The number of nitrogens with zero attached hydrogens (tertiary/aromatic N) is 2. The van der Waals surface area contributed by atoms with Crippen LogP contribution < -0.4 is 10.6 Å². The van der Waals surface area contributed by atoms with Gasteiger partial charge in [-0.3, -0.25) is 14.4 Å². The molecule has 34 heavy (non-hydrogen) atoms. The van der Waals surface area contributed by atoms with Crippen molar-refractivity contribution in [3.63, 3.8) is 0 Å². The predicted molar refractivity (Wildman–Crippen MR) is 133 cm³/mol. The molecule has 1 aliphatic carbocycles. The Morgan fingerprint density at radius 1 is 0.882 bits per heavy atom. The van der Waals surface area contributed by atoms with Crippen molar-refractivity contribution < 1.29 is 14.4 Å². The van der Waals surface area contributed by atoms with Crippen LogP contribution in [0.1, 0.15) is 63.3 Å². The Kier molecular flexibility index (Phi) is 7.21. The van der Waals surface area contributed by atoms with Gasteiger partial charge in [0.15, 0.2) is 5.69 Å². The first kappa shape index (κ1) is 23.4. The molecule has 1 fully saturated rings. The average molecular weight is 459 g/mol. The fourth-order valence-corrected chi connectivity index (χ4v) is 4.51. The van der Waals surface area contributed by atoms with Crippen LogP contribution in [-0.4, -0.2) is 48.2 Å². The maximum absolute atomic E-state index is 13.3. The third-order valence-electron chi connectivity index (χ3n) is 6.35. The molecule has 1 heterocycles. The number of nitrogens with one attached hydrogen (secondary N) is 2. The minimum absolute atomic E-state index is 0.132. The second-order valence-electron chi connectivity index (χ2n) is 8.97. The van der Waals surface area contributed by atoms with Crippen LogP contribution in [0.3, 0.4) is 0 Å². The molecule has 0 radical (unpaired) electrons. The number of aromatic nitrogens is 1. The summed E-state index contributed by atoms with van der Waals surface area (Å²) in [5.41, 5.74) is 1.49. The number of hydrogen-bond donors (Lipinski definition) is 2. The minimum Gasteiger partial charge on any atom is -0.350 e. The predicted octanol–water partition coefficient (Wildman–Crippen LogP) is 4.50. The molecular formula is C27H30N4O3. The zero-order valence-corrected chi connectivity index (χ0v) is 19.6. The number of rotatable bonds is 6. The van der Waals surface area contributed by atoms with E-state index in [0.29, 0.717) is 40.0 Å².